The van der Waals surface area contributed by atoms with Gasteiger partial charge in [-0.15, -0.1) is 0 Å². The molecule has 0 fully saturated rings. The van der Waals surface area contributed by atoms with Gasteiger partial charge in [0, 0.05) is 12.6 Å². The topological polar surface area (TPSA) is 75.6 Å². The Hall–Kier alpha value is -2.25. The van der Waals surface area contributed by atoms with E-state index in [9.17, 15) is 22.8 Å². The fourth-order valence-electron chi connectivity index (χ4n) is 1.35. The Kier molecular flexibility index (Phi) is 5.17. The van der Waals surface area contributed by atoms with Crippen LogP contribution in [0.5, 0.6) is 5.75 Å². The van der Waals surface area contributed by atoms with Crippen molar-refractivity contribution in [2.75, 3.05) is 6.54 Å². The number of nitrogens with one attached hydrogen (secondary N) is 1. The number of carboxylic acid groups (broad SMARTS) is 1. The summed E-state index contributed by atoms with van der Waals surface area (Å²) < 4.78 is 41.5. The van der Waals surface area contributed by atoms with Gasteiger partial charge in [-0.1, -0.05) is 0 Å². The largest absolute Gasteiger partial charge is 0.481 e. The summed E-state index contributed by atoms with van der Waals surface area (Å²) in [7, 11) is 0. The second-order valence-corrected chi connectivity index (χ2v) is 4.89. The maximum Gasteiger partial charge on any atom is 0.387 e. The fourth-order valence-corrected chi connectivity index (χ4v) is 1.35. The number of aliphatic carboxylic acids is 1. The lowest BCUT2D eigenvalue weighted by molar-refractivity contribution is -0.146. The van der Waals surface area contributed by atoms with E-state index in [-0.39, 0.29) is 12.1 Å². The van der Waals surface area contributed by atoms with Crippen LogP contribution < -0.4 is 10.1 Å². The average molecular weight is 305 g/mol. The van der Waals surface area contributed by atoms with Crippen molar-refractivity contribution in [2.24, 2.45) is 5.41 Å². The molecule has 0 radical (unpaired) electrons. The highest BCUT2D eigenvalue weighted by molar-refractivity contribution is 5.97. The van der Waals surface area contributed by atoms with Crippen LogP contribution in [0.2, 0.25) is 0 Å². The molecule has 21 heavy (non-hydrogen) atoms. The lowest BCUT2D eigenvalue weighted by atomic mass is 9.94. The van der Waals surface area contributed by atoms with Crippen LogP contribution in [0, 0.1) is 11.2 Å². The minimum absolute atomic E-state index is 0.230. The van der Waals surface area contributed by atoms with Gasteiger partial charge < -0.3 is 15.2 Å². The quantitative estimate of drug-likeness (QED) is 0.845. The lowest BCUT2D eigenvalue weighted by Crippen LogP contribution is -2.39. The molecule has 0 saturated heterocycles. The van der Waals surface area contributed by atoms with E-state index in [2.05, 4.69) is 10.1 Å². The standard InChI is InChI=1S/C13H14F3NO4/c1-13(2,11(19)20)6-17-10(18)8-4-3-7(14)5-9(8)21-12(15)16/h3-5,12H,6H2,1-2H3,(H,17,18)(H,19,20). The molecular formula is C13H14F3NO4. The van der Waals surface area contributed by atoms with Gasteiger partial charge in [0.1, 0.15) is 11.6 Å². The van der Waals surface area contributed by atoms with Crippen LogP contribution in [0.15, 0.2) is 18.2 Å². The zero-order valence-corrected chi connectivity index (χ0v) is 11.3. The summed E-state index contributed by atoms with van der Waals surface area (Å²) in [5.41, 5.74) is -1.54. The number of halogens is 3. The normalized spacial score (nSPS) is 11.3. The number of ether oxygens (including phenoxy) is 1. The number of amides is 1. The third-order valence-corrected chi connectivity index (χ3v) is 2.67. The number of hydrogen-bond donors (Lipinski definition) is 2. The molecule has 8 heteroatoms. The van der Waals surface area contributed by atoms with E-state index in [0.29, 0.717) is 6.07 Å². The van der Waals surface area contributed by atoms with E-state index in [1.54, 1.807) is 0 Å². The molecule has 0 aliphatic rings. The van der Waals surface area contributed by atoms with Crippen molar-refractivity contribution in [2.45, 2.75) is 20.5 Å². The van der Waals surface area contributed by atoms with Gasteiger partial charge in [-0.05, 0) is 26.0 Å². The summed E-state index contributed by atoms with van der Waals surface area (Å²) in [4.78, 5) is 22.8. The maximum atomic E-state index is 13.0. The molecule has 1 aromatic carbocycles. The molecule has 0 bridgehead atoms. The van der Waals surface area contributed by atoms with Crippen LogP contribution >= 0.6 is 0 Å². The zero-order valence-electron chi connectivity index (χ0n) is 11.3. The van der Waals surface area contributed by atoms with E-state index in [1.807, 2.05) is 0 Å². The predicted octanol–water partition coefficient (Wildman–Crippen LogP) is 2.27. The summed E-state index contributed by atoms with van der Waals surface area (Å²) in [5, 5.41) is 11.2. The highest BCUT2D eigenvalue weighted by Gasteiger charge is 2.28. The van der Waals surface area contributed by atoms with Crippen molar-refractivity contribution < 1.29 is 32.6 Å². The van der Waals surface area contributed by atoms with Crippen molar-refractivity contribution in [3.63, 3.8) is 0 Å². The predicted molar refractivity (Wildman–Crippen MR) is 66.8 cm³/mol. The SMILES string of the molecule is CC(C)(CNC(=O)c1ccc(F)cc1OC(F)F)C(=O)O. The molecule has 0 heterocycles. The first-order valence-electron chi connectivity index (χ1n) is 5.89. The first-order chi connectivity index (χ1) is 9.63. The molecule has 0 aromatic heterocycles. The Balaban J connectivity index is 2.90. The molecule has 0 aliphatic heterocycles. The van der Waals surface area contributed by atoms with Gasteiger partial charge >= 0.3 is 12.6 Å². The van der Waals surface area contributed by atoms with Gasteiger partial charge in [-0.25, -0.2) is 4.39 Å². The van der Waals surface area contributed by atoms with Crippen molar-refractivity contribution in [1.29, 1.82) is 0 Å². The summed E-state index contributed by atoms with van der Waals surface area (Å²) >= 11 is 0. The number of hydrogen-bond acceptors (Lipinski definition) is 3. The number of rotatable bonds is 6. The number of carboxylic acids is 1. The van der Waals surface area contributed by atoms with Crippen molar-refractivity contribution in [3.8, 4) is 5.75 Å². The van der Waals surface area contributed by atoms with Crippen LogP contribution in [0.1, 0.15) is 24.2 Å². The monoisotopic (exact) mass is 305 g/mol. The Morgan fingerprint density at radius 3 is 2.52 bits per heavy atom. The molecular weight excluding hydrogens is 291 g/mol. The minimum atomic E-state index is -3.21. The first kappa shape index (κ1) is 16.8. The van der Waals surface area contributed by atoms with Crippen LogP contribution in [0.4, 0.5) is 13.2 Å². The minimum Gasteiger partial charge on any atom is -0.481 e. The molecule has 0 aliphatic carbocycles. The van der Waals surface area contributed by atoms with Crippen molar-refractivity contribution in [1.82, 2.24) is 5.32 Å². The van der Waals surface area contributed by atoms with E-state index in [1.165, 1.54) is 13.8 Å². The van der Waals surface area contributed by atoms with E-state index in [4.69, 9.17) is 5.11 Å². The zero-order chi connectivity index (χ0) is 16.2. The van der Waals surface area contributed by atoms with Gasteiger partial charge in [0.15, 0.2) is 0 Å². The van der Waals surface area contributed by atoms with Gasteiger partial charge in [-0.2, -0.15) is 8.78 Å². The maximum absolute atomic E-state index is 13.0. The molecule has 0 atom stereocenters. The third kappa shape index (κ3) is 4.66. The molecule has 1 aromatic rings. The van der Waals surface area contributed by atoms with Gasteiger partial charge in [0.25, 0.3) is 5.91 Å². The third-order valence-electron chi connectivity index (χ3n) is 2.67. The molecule has 0 saturated carbocycles. The second-order valence-electron chi connectivity index (χ2n) is 4.89. The van der Waals surface area contributed by atoms with Crippen LogP contribution in [0.25, 0.3) is 0 Å². The summed E-state index contributed by atoms with van der Waals surface area (Å²) in [6.45, 7) is -0.672. The molecule has 2 N–H and O–H groups in total. The van der Waals surface area contributed by atoms with Crippen LogP contribution in [-0.2, 0) is 4.79 Å². The van der Waals surface area contributed by atoms with Crippen LogP contribution in [-0.4, -0.2) is 30.1 Å². The lowest BCUT2D eigenvalue weighted by Gasteiger charge is -2.20. The van der Waals surface area contributed by atoms with E-state index < -0.39 is 35.5 Å². The molecule has 0 unspecified atom stereocenters. The number of alkyl halides is 2. The number of carbonyl (C=O) groups is 2. The van der Waals surface area contributed by atoms with Crippen molar-refractivity contribution in [3.05, 3.63) is 29.6 Å². The number of benzene rings is 1. The molecule has 1 rings (SSSR count). The molecule has 0 spiro atoms. The smallest absolute Gasteiger partial charge is 0.387 e. The van der Waals surface area contributed by atoms with Crippen molar-refractivity contribution >= 4 is 11.9 Å². The van der Waals surface area contributed by atoms with E-state index >= 15 is 0 Å². The summed E-state index contributed by atoms with van der Waals surface area (Å²) in [5.74, 6) is -3.42. The number of carbonyl (C=O) groups excluding carboxylic acids is 1. The average Bonchev–Trinajstić information content (AvgIpc) is 2.35. The Morgan fingerprint density at radius 2 is 2.00 bits per heavy atom. The second kappa shape index (κ2) is 6.47. The Labute approximate surface area is 118 Å². The fraction of sp³-hybridized carbons (Fsp3) is 0.385. The first-order valence-corrected chi connectivity index (χ1v) is 5.89. The van der Waals surface area contributed by atoms with E-state index in [0.717, 1.165) is 12.1 Å². The van der Waals surface area contributed by atoms with Gasteiger partial charge in [-0.3, -0.25) is 9.59 Å². The molecule has 5 nitrogen and oxygen atoms in total. The summed E-state index contributed by atoms with van der Waals surface area (Å²) in [6, 6.07) is 2.55. The summed E-state index contributed by atoms with van der Waals surface area (Å²) in [6.07, 6.45) is 0. The highest BCUT2D eigenvalue weighted by atomic mass is 19.3. The van der Waals surface area contributed by atoms with Gasteiger partial charge in [0.2, 0.25) is 0 Å². The highest BCUT2D eigenvalue weighted by Crippen LogP contribution is 2.22. The molecule has 1 amide bonds. The van der Waals surface area contributed by atoms with Crippen LogP contribution in [0.3, 0.4) is 0 Å². The van der Waals surface area contributed by atoms with Gasteiger partial charge in [0.05, 0.1) is 11.0 Å². The Morgan fingerprint density at radius 1 is 1.38 bits per heavy atom. The molecule has 116 valence electrons. The Bertz CT molecular complexity index is 546.